The minimum Gasteiger partial charge on any atom is -0.381 e. The van der Waals surface area contributed by atoms with E-state index in [9.17, 15) is 9.59 Å². The lowest BCUT2D eigenvalue weighted by atomic mass is 10.1. The van der Waals surface area contributed by atoms with Gasteiger partial charge in [-0.05, 0) is 18.6 Å². The van der Waals surface area contributed by atoms with Crippen LogP contribution in [-0.4, -0.2) is 41.4 Å². The van der Waals surface area contributed by atoms with Crippen LogP contribution in [0, 0.1) is 11.8 Å². The highest BCUT2D eigenvalue weighted by Gasteiger charge is 2.35. The summed E-state index contributed by atoms with van der Waals surface area (Å²) in [6, 6.07) is 11.3. The summed E-state index contributed by atoms with van der Waals surface area (Å²) in [6.07, 6.45) is 2.92. The minimum absolute atomic E-state index is 0.0204. The van der Waals surface area contributed by atoms with Gasteiger partial charge in [-0.2, -0.15) is 5.10 Å². The van der Waals surface area contributed by atoms with E-state index < -0.39 is 0 Å². The molecule has 0 spiro atoms. The fraction of sp³-hybridized carbons (Fsp3) is 0.421. The molecular weight excluding hydrogens is 332 g/mol. The molecule has 2 fully saturated rings. The Hall–Kier alpha value is -2.67. The molecule has 2 saturated heterocycles. The Kier molecular flexibility index (Phi) is 4.71. The molecule has 2 aliphatic heterocycles. The summed E-state index contributed by atoms with van der Waals surface area (Å²) in [5.41, 5.74) is 0.832. The number of nitrogens with one attached hydrogen (secondary N) is 1. The molecule has 0 bridgehead atoms. The Morgan fingerprint density at radius 2 is 2.12 bits per heavy atom. The van der Waals surface area contributed by atoms with Crippen LogP contribution < -0.4 is 10.2 Å². The Labute approximate surface area is 151 Å². The van der Waals surface area contributed by atoms with Gasteiger partial charge in [0, 0.05) is 43.8 Å². The Morgan fingerprint density at radius 1 is 1.27 bits per heavy atom. The Bertz CT molecular complexity index is 783. The van der Waals surface area contributed by atoms with Crippen molar-refractivity contribution in [2.45, 2.75) is 19.4 Å². The van der Waals surface area contributed by atoms with E-state index in [-0.39, 0.29) is 24.2 Å². The molecule has 1 aromatic heterocycles. The van der Waals surface area contributed by atoms with Gasteiger partial charge in [0.05, 0.1) is 18.7 Å². The first-order chi connectivity index (χ1) is 12.7. The van der Waals surface area contributed by atoms with Crippen molar-refractivity contribution in [2.24, 2.45) is 11.8 Å². The van der Waals surface area contributed by atoms with Crippen LogP contribution in [0.2, 0.25) is 0 Å². The number of hydrogen-bond donors (Lipinski definition) is 1. The third kappa shape index (κ3) is 3.48. The van der Waals surface area contributed by atoms with E-state index in [2.05, 4.69) is 10.4 Å². The number of hydrogen-bond acceptors (Lipinski definition) is 4. The van der Waals surface area contributed by atoms with Gasteiger partial charge in [-0.1, -0.05) is 18.2 Å². The molecule has 0 unspecified atom stereocenters. The summed E-state index contributed by atoms with van der Waals surface area (Å²) in [6.45, 7) is 2.64. The van der Waals surface area contributed by atoms with Gasteiger partial charge in [0.15, 0.2) is 0 Å². The molecule has 1 N–H and O–H groups in total. The average Bonchev–Trinajstić information content (AvgIpc) is 3.39. The molecule has 7 heteroatoms. The zero-order chi connectivity index (χ0) is 17.9. The smallest absolute Gasteiger partial charge is 0.230 e. The van der Waals surface area contributed by atoms with E-state index >= 15 is 0 Å². The van der Waals surface area contributed by atoms with E-state index in [1.165, 1.54) is 0 Å². The summed E-state index contributed by atoms with van der Waals surface area (Å²) in [5, 5.41) is 7.25. The van der Waals surface area contributed by atoms with Gasteiger partial charge in [-0.3, -0.25) is 9.59 Å². The van der Waals surface area contributed by atoms with E-state index in [0.717, 1.165) is 31.9 Å². The molecule has 2 aromatic rings. The van der Waals surface area contributed by atoms with Crippen LogP contribution in [0.15, 0.2) is 42.6 Å². The van der Waals surface area contributed by atoms with Crippen molar-refractivity contribution in [3.63, 3.8) is 0 Å². The third-order valence-corrected chi connectivity index (χ3v) is 4.99. The Balaban J connectivity index is 1.40. The lowest BCUT2D eigenvalue weighted by Gasteiger charge is -2.17. The second-order valence-electron chi connectivity index (χ2n) is 6.86. The fourth-order valence-corrected chi connectivity index (χ4v) is 3.53. The van der Waals surface area contributed by atoms with E-state index in [4.69, 9.17) is 4.74 Å². The van der Waals surface area contributed by atoms with E-state index in [0.29, 0.717) is 18.3 Å². The van der Waals surface area contributed by atoms with Crippen molar-refractivity contribution in [1.82, 2.24) is 9.78 Å². The largest absolute Gasteiger partial charge is 0.381 e. The third-order valence-electron chi connectivity index (χ3n) is 4.99. The van der Waals surface area contributed by atoms with E-state index in [1.54, 1.807) is 17.2 Å². The molecule has 26 heavy (non-hydrogen) atoms. The zero-order valence-corrected chi connectivity index (χ0v) is 14.5. The number of carbonyl (C=O) groups is 2. The first kappa shape index (κ1) is 16.8. The number of anilines is 2. The first-order valence-corrected chi connectivity index (χ1v) is 8.96. The maximum Gasteiger partial charge on any atom is 0.230 e. The van der Waals surface area contributed by atoms with Crippen LogP contribution >= 0.6 is 0 Å². The molecule has 7 nitrogen and oxygen atoms in total. The van der Waals surface area contributed by atoms with E-state index in [1.807, 2.05) is 35.0 Å². The van der Waals surface area contributed by atoms with Crippen LogP contribution in [0.1, 0.15) is 12.8 Å². The number of ether oxygens (including phenoxy) is 1. The van der Waals surface area contributed by atoms with Crippen molar-refractivity contribution in [1.29, 1.82) is 0 Å². The SMILES string of the molecule is O=C(Nc1ccnn1C[C@@H]1CCOC1)[C@H]1CC(=O)N(c2ccccc2)C1. The number of para-hydroxylation sites is 1. The molecule has 2 atom stereocenters. The highest BCUT2D eigenvalue weighted by molar-refractivity contribution is 6.03. The van der Waals surface area contributed by atoms with Gasteiger partial charge in [0.2, 0.25) is 11.8 Å². The summed E-state index contributed by atoms with van der Waals surface area (Å²) in [7, 11) is 0. The summed E-state index contributed by atoms with van der Waals surface area (Å²) < 4.78 is 7.21. The average molecular weight is 354 g/mol. The molecule has 1 aromatic carbocycles. The van der Waals surface area contributed by atoms with Gasteiger partial charge in [0.1, 0.15) is 5.82 Å². The quantitative estimate of drug-likeness (QED) is 0.890. The summed E-state index contributed by atoms with van der Waals surface area (Å²) >= 11 is 0. The van der Waals surface area contributed by atoms with Gasteiger partial charge in [-0.25, -0.2) is 4.68 Å². The number of benzene rings is 1. The van der Waals surface area contributed by atoms with Crippen molar-refractivity contribution < 1.29 is 14.3 Å². The zero-order valence-electron chi connectivity index (χ0n) is 14.5. The molecule has 0 radical (unpaired) electrons. The summed E-state index contributed by atoms with van der Waals surface area (Å²) in [5.74, 6) is 0.578. The monoisotopic (exact) mass is 354 g/mol. The molecule has 136 valence electrons. The highest BCUT2D eigenvalue weighted by atomic mass is 16.5. The van der Waals surface area contributed by atoms with Crippen molar-refractivity contribution in [3.8, 4) is 0 Å². The number of aromatic nitrogens is 2. The van der Waals surface area contributed by atoms with Crippen LogP contribution in [0.3, 0.4) is 0 Å². The van der Waals surface area contributed by atoms with Crippen molar-refractivity contribution in [3.05, 3.63) is 42.6 Å². The predicted molar refractivity (Wildman–Crippen MR) is 96.7 cm³/mol. The molecule has 4 rings (SSSR count). The second kappa shape index (κ2) is 7.29. The lowest BCUT2D eigenvalue weighted by molar-refractivity contribution is -0.122. The van der Waals surface area contributed by atoms with Gasteiger partial charge in [0.25, 0.3) is 0 Å². The molecule has 2 aliphatic rings. The predicted octanol–water partition coefficient (Wildman–Crippen LogP) is 1.91. The number of carbonyl (C=O) groups excluding carboxylic acids is 2. The maximum atomic E-state index is 12.7. The molecule has 3 heterocycles. The molecule has 0 saturated carbocycles. The fourth-order valence-electron chi connectivity index (χ4n) is 3.53. The lowest BCUT2D eigenvalue weighted by Crippen LogP contribution is -2.29. The number of amides is 2. The molecule has 2 amide bonds. The maximum absolute atomic E-state index is 12.7. The first-order valence-electron chi connectivity index (χ1n) is 8.96. The number of rotatable bonds is 5. The van der Waals surface area contributed by atoms with Crippen LogP contribution in [-0.2, 0) is 20.9 Å². The van der Waals surface area contributed by atoms with Crippen LogP contribution in [0.25, 0.3) is 0 Å². The van der Waals surface area contributed by atoms with Crippen molar-refractivity contribution in [2.75, 3.05) is 30.0 Å². The van der Waals surface area contributed by atoms with Gasteiger partial charge < -0.3 is 15.0 Å². The minimum atomic E-state index is -0.360. The normalized spacial score (nSPS) is 22.8. The van der Waals surface area contributed by atoms with Crippen molar-refractivity contribution >= 4 is 23.3 Å². The number of nitrogens with zero attached hydrogens (tertiary/aromatic N) is 3. The Morgan fingerprint density at radius 3 is 2.88 bits per heavy atom. The standard InChI is InChI=1S/C19H22N4O3/c24-18-10-15(12-22(18)16-4-2-1-3-5-16)19(25)21-17-6-8-20-23(17)11-14-7-9-26-13-14/h1-6,8,14-15H,7,9-13H2,(H,21,25)/t14-,15-/m0/s1. The second-order valence-corrected chi connectivity index (χ2v) is 6.86. The van der Waals surface area contributed by atoms with Crippen LogP contribution in [0.5, 0.6) is 0 Å². The van der Waals surface area contributed by atoms with Crippen LogP contribution in [0.4, 0.5) is 11.5 Å². The van der Waals surface area contributed by atoms with Gasteiger partial charge >= 0.3 is 0 Å². The molecular formula is C19H22N4O3. The van der Waals surface area contributed by atoms with Gasteiger partial charge in [-0.15, -0.1) is 0 Å². The molecule has 0 aliphatic carbocycles. The topological polar surface area (TPSA) is 76.5 Å². The summed E-state index contributed by atoms with van der Waals surface area (Å²) in [4.78, 5) is 26.7. The highest BCUT2D eigenvalue weighted by Crippen LogP contribution is 2.26.